The summed E-state index contributed by atoms with van der Waals surface area (Å²) in [6.45, 7) is 6.93. The van der Waals surface area contributed by atoms with Crippen LogP contribution >= 0.6 is 0 Å². The SMILES string of the molecule is [C-]#[N+]c1cc2cn[nH]c2cc1OC. The summed E-state index contributed by atoms with van der Waals surface area (Å²) in [5.41, 5.74) is 1.39. The summed E-state index contributed by atoms with van der Waals surface area (Å²) in [4.78, 5) is 3.35. The van der Waals surface area contributed by atoms with E-state index in [-0.39, 0.29) is 0 Å². The van der Waals surface area contributed by atoms with Gasteiger partial charge >= 0.3 is 0 Å². The summed E-state index contributed by atoms with van der Waals surface area (Å²) < 4.78 is 5.05. The van der Waals surface area contributed by atoms with Crippen molar-refractivity contribution in [3.8, 4) is 5.75 Å². The molecule has 0 radical (unpaired) electrons. The van der Waals surface area contributed by atoms with Gasteiger partial charge in [-0.2, -0.15) is 5.10 Å². The lowest BCUT2D eigenvalue weighted by Crippen LogP contribution is -1.82. The number of nitrogens with zero attached hydrogens (tertiary/aromatic N) is 2. The number of aromatic amines is 1. The van der Waals surface area contributed by atoms with E-state index in [2.05, 4.69) is 15.0 Å². The Morgan fingerprint density at radius 3 is 3.08 bits per heavy atom. The molecule has 13 heavy (non-hydrogen) atoms. The Bertz CT molecular complexity index is 481. The molecule has 0 unspecified atom stereocenters. The Balaban J connectivity index is 2.76. The molecule has 0 aliphatic heterocycles. The molecule has 2 rings (SSSR count). The number of ether oxygens (including phenoxy) is 1. The van der Waals surface area contributed by atoms with E-state index in [0.717, 1.165) is 10.9 Å². The number of hydrogen-bond donors (Lipinski definition) is 1. The quantitative estimate of drug-likeness (QED) is 0.671. The fourth-order valence-electron chi connectivity index (χ4n) is 1.21. The maximum absolute atomic E-state index is 6.93. The first-order valence-electron chi connectivity index (χ1n) is 3.73. The van der Waals surface area contributed by atoms with Crippen molar-refractivity contribution in [3.05, 3.63) is 29.7 Å². The molecule has 0 saturated carbocycles. The topological polar surface area (TPSA) is 42.3 Å². The highest BCUT2D eigenvalue weighted by atomic mass is 16.5. The Kier molecular flexibility index (Phi) is 1.64. The molecule has 0 atom stereocenters. The molecule has 0 amide bonds. The second-order valence-corrected chi connectivity index (χ2v) is 2.59. The Morgan fingerprint density at radius 2 is 2.38 bits per heavy atom. The largest absolute Gasteiger partial charge is 0.508 e. The maximum Gasteiger partial charge on any atom is 0.228 e. The molecule has 4 nitrogen and oxygen atoms in total. The summed E-state index contributed by atoms with van der Waals surface area (Å²) in [5, 5.41) is 7.60. The van der Waals surface area contributed by atoms with Crippen LogP contribution in [0.2, 0.25) is 0 Å². The average Bonchev–Trinajstić information content (AvgIpc) is 2.62. The van der Waals surface area contributed by atoms with Gasteiger partial charge in [-0.25, -0.2) is 4.85 Å². The standard InChI is InChI=1S/C9H7N3O/c1-10-8-3-6-5-11-12-7(6)4-9(8)13-2/h3-5H,2H3,(H,11,12). The van der Waals surface area contributed by atoms with Gasteiger partial charge in [-0.1, -0.05) is 0 Å². The van der Waals surface area contributed by atoms with E-state index in [1.54, 1.807) is 25.4 Å². The Labute approximate surface area is 75.0 Å². The maximum atomic E-state index is 6.93. The minimum Gasteiger partial charge on any atom is -0.508 e. The van der Waals surface area contributed by atoms with E-state index < -0.39 is 0 Å². The van der Waals surface area contributed by atoms with Crippen molar-refractivity contribution in [2.24, 2.45) is 0 Å². The molecule has 1 aromatic heterocycles. The minimum absolute atomic E-state index is 0.511. The minimum atomic E-state index is 0.511. The second-order valence-electron chi connectivity index (χ2n) is 2.59. The number of fused-ring (bicyclic) bond motifs is 1. The zero-order valence-electron chi connectivity index (χ0n) is 7.03. The number of aromatic nitrogens is 2. The number of nitrogens with one attached hydrogen (secondary N) is 1. The highest BCUT2D eigenvalue weighted by molar-refractivity contribution is 5.85. The first kappa shape index (κ1) is 7.62. The van der Waals surface area contributed by atoms with Gasteiger partial charge in [-0.05, 0) is 12.1 Å². The van der Waals surface area contributed by atoms with Crippen molar-refractivity contribution in [2.75, 3.05) is 7.11 Å². The summed E-state index contributed by atoms with van der Waals surface area (Å²) in [6.07, 6.45) is 1.68. The number of hydrogen-bond acceptors (Lipinski definition) is 2. The van der Waals surface area contributed by atoms with Gasteiger partial charge in [0, 0.05) is 5.39 Å². The van der Waals surface area contributed by atoms with E-state index >= 15 is 0 Å². The molecule has 64 valence electrons. The van der Waals surface area contributed by atoms with E-state index in [1.807, 2.05) is 0 Å². The van der Waals surface area contributed by atoms with Crippen molar-refractivity contribution in [3.63, 3.8) is 0 Å². The fraction of sp³-hybridized carbons (Fsp3) is 0.111. The molecular formula is C9H7N3O. The summed E-state index contributed by atoms with van der Waals surface area (Å²) in [5.74, 6) is 0.576. The first-order valence-corrected chi connectivity index (χ1v) is 3.73. The number of rotatable bonds is 1. The first-order chi connectivity index (χ1) is 6.35. The molecule has 0 bridgehead atoms. The molecular weight excluding hydrogens is 166 g/mol. The van der Waals surface area contributed by atoms with Crippen LogP contribution < -0.4 is 4.74 Å². The molecule has 4 heteroatoms. The van der Waals surface area contributed by atoms with Crippen LogP contribution in [0.4, 0.5) is 5.69 Å². The van der Waals surface area contributed by atoms with E-state index in [1.165, 1.54) is 0 Å². The molecule has 1 N–H and O–H groups in total. The van der Waals surface area contributed by atoms with Crippen LogP contribution in [0.1, 0.15) is 0 Å². The third kappa shape index (κ3) is 1.11. The van der Waals surface area contributed by atoms with Crippen LogP contribution in [0.3, 0.4) is 0 Å². The van der Waals surface area contributed by atoms with Gasteiger partial charge in [0.25, 0.3) is 0 Å². The van der Waals surface area contributed by atoms with Gasteiger partial charge in [0.1, 0.15) is 5.75 Å². The molecule has 1 aromatic carbocycles. The lowest BCUT2D eigenvalue weighted by molar-refractivity contribution is 0.418. The van der Waals surface area contributed by atoms with Crippen LogP contribution in [0, 0.1) is 6.57 Å². The number of H-pyrrole nitrogens is 1. The van der Waals surface area contributed by atoms with Crippen molar-refractivity contribution in [1.82, 2.24) is 10.2 Å². The predicted octanol–water partition coefficient (Wildman–Crippen LogP) is 2.12. The third-order valence-electron chi connectivity index (χ3n) is 1.86. The van der Waals surface area contributed by atoms with Crippen LogP contribution in [0.25, 0.3) is 15.7 Å². The molecule has 0 spiro atoms. The molecule has 2 aromatic rings. The van der Waals surface area contributed by atoms with Crippen molar-refractivity contribution in [2.45, 2.75) is 0 Å². The number of benzene rings is 1. The van der Waals surface area contributed by atoms with Gasteiger partial charge in [0.2, 0.25) is 5.69 Å². The lowest BCUT2D eigenvalue weighted by Gasteiger charge is -2.01. The highest BCUT2D eigenvalue weighted by Gasteiger charge is 2.05. The van der Waals surface area contributed by atoms with Gasteiger partial charge < -0.3 is 4.74 Å². The van der Waals surface area contributed by atoms with Crippen molar-refractivity contribution >= 4 is 16.6 Å². The molecule has 0 saturated heterocycles. The molecule has 0 fully saturated rings. The fourth-order valence-corrected chi connectivity index (χ4v) is 1.21. The molecule has 0 aliphatic rings. The normalized spacial score (nSPS) is 9.85. The van der Waals surface area contributed by atoms with Gasteiger partial charge in [-0.3, -0.25) is 5.10 Å². The molecule has 1 heterocycles. The van der Waals surface area contributed by atoms with Crippen LogP contribution in [-0.2, 0) is 0 Å². The lowest BCUT2D eigenvalue weighted by atomic mass is 10.2. The van der Waals surface area contributed by atoms with E-state index in [0.29, 0.717) is 11.4 Å². The Morgan fingerprint density at radius 1 is 1.54 bits per heavy atom. The third-order valence-corrected chi connectivity index (χ3v) is 1.86. The summed E-state index contributed by atoms with van der Waals surface area (Å²) in [7, 11) is 1.55. The monoisotopic (exact) mass is 173 g/mol. The van der Waals surface area contributed by atoms with E-state index in [4.69, 9.17) is 11.3 Å². The van der Waals surface area contributed by atoms with Gasteiger partial charge in [0.05, 0.1) is 25.4 Å². The van der Waals surface area contributed by atoms with Crippen LogP contribution in [0.5, 0.6) is 5.75 Å². The number of methoxy groups -OCH3 is 1. The smallest absolute Gasteiger partial charge is 0.228 e. The van der Waals surface area contributed by atoms with Crippen molar-refractivity contribution in [1.29, 1.82) is 0 Å². The Hall–Kier alpha value is -2.02. The highest BCUT2D eigenvalue weighted by Crippen LogP contribution is 2.31. The zero-order valence-corrected chi connectivity index (χ0v) is 7.03. The summed E-state index contributed by atoms with van der Waals surface area (Å²) in [6, 6.07) is 3.53. The molecule has 0 aliphatic carbocycles. The predicted molar refractivity (Wildman–Crippen MR) is 48.9 cm³/mol. The second kappa shape index (κ2) is 2.79. The van der Waals surface area contributed by atoms with Crippen LogP contribution in [0.15, 0.2) is 18.3 Å². The van der Waals surface area contributed by atoms with Crippen molar-refractivity contribution < 1.29 is 4.74 Å². The van der Waals surface area contributed by atoms with E-state index in [9.17, 15) is 0 Å². The van der Waals surface area contributed by atoms with Gasteiger partial charge in [0.15, 0.2) is 0 Å². The van der Waals surface area contributed by atoms with Crippen LogP contribution in [-0.4, -0.2) is 17.3 Å². The zero-order chi connectivity index (χ0) is 9.26. The average molecular weight is 173 g/mol. The summed E-state index contributed by atoms with van der Waals surface area (Å²) >= 11 is 0. The van der Waals surface area contributed by atoms with Gasteiger partial charge in [-0.15, -0.1) is 0 Å².